The van der Waals surface area contributed by atoms with Crippen molar-refractivity contribution in [1.29, 1.82) is 0 Å². The number of hydrogen-bond donors (Lipinski definition) is 2. The van der Waals surface area contributed by atoms with Crippen LogP contribution in [0.5, 0.6) is 0 Å². The van der Waals surface area contributed by atoms with E-state index in [2.05, 4.69) is 25.3 Å². The molecule has 0 bridgehead atoms. The minimum Gasteiger partial charge on any atom is -0.322 e. The van der Waals surface area contributed by atoms with Gasteiger partial charge in [-0.2, -0.15) is 25.3 Å². The molecule has 0 aromatic carbocycles. The Hall–Kier alpha value is 0.660. The van der Waals surface area contributed by atoms with Crippen molar-refractivity contribution >= 4 is 25.3 Å². The predicted molar refractivity (Wildman–Crippen MR) is 52.1 cm³/mol. The van der Waals surface area contributed by atoms with E-state index in [-0.39, 0.29) is 0 Å². The fourth-order valence-corrected chi connectivity index (χ4v) is 2.44. The van der Waals surface area contributed by atoms with Crippen molar-refractivity contribution in [2.24, 2.45) is 0 Å². The van der Waals surface area contributed by atoms with E-state index in [1.54, 1.807) is 0 Å². The zero-order chi connectivity index (χ0) is 7.45. The van der Waals surface area contributed by atoms with Crippen LogP contribution in [0.3, 0.4) is 0 Å². The molecule has 1 nitrogen and oxygen atoms in total. The lowest BCUT2D eigenvalue weighted by molar-refractivity contribution is -0.959. The van der Waals surface area contributed by atoms with Gasteiger partial charge in [0.2, 0.25) is 0 Å². The highest BCUT2D eigenvalue weighted by molar-refractivity contribution is 7.80. The molecule has 1 aliphatic heterocycles. The molecule has 0 radical (unpaired) electrons. The van der Waals surface area contributed by atoms with Gasteiger partial charge in [0.25, 0.3) is 0 Å². The molecule has 0 N–H and O–H groups in total. The average molecular weight is 178 g/mol. The van der Waals surface area contributed by atoms with E-state index in [0.717, 1.165) is 11.5 Å². The van der Waals surface area contributed by atoms with Crippen LogP contribution in [0.25, 0.3) is 0 Å². The second-order valence-corrected chi connectivity index (χ2v) is 3.93. The lowest BCUT2D eigenvalue weighted by Gasteiger charge is -2.45. The first kappa shape index (κ1) is 8.75. The molecular formula is C7H16NS2+. The number of quaternary nitrogens is 1. The number of thiol groups is 2. The quantitative estimate of drug-likeness (QED) is 0.467. The smallest absolute Gasteiger partial charge is 0.0876 e. The first-order chi connectivity index (χ1) is 4.83. The topological polar surface area (TPSA) is 0 Å². The van der Waals surface area contributed by atoms with Gasteiger partial charge in [-0.15, -0.1) is 0 Å². The third-order valence-corrected chi connectivity index (χ3v) is 2.81. The average Bonchev–Trinajstić information content (AvgIpc) is 1.84. The summed E-state index contributed by atoms with van der Waals surface area (Å²) >= 11 is 8.51. The first-order valence-electron chi connectivity index (χ1n) is 3.90. The Morgan fingerprint density at radius 3 is 1.70 bits per heavy atom. The molecule has 1 fully saturated rings. The monoisotopic (exact) mass is 178 g/mol. The third kappa shape index (κ3) is 1.83. The van der Waals surface area contributed by atoms with Crippen LogP contribution in [0.4, 0.5) is 0 Å². The first-order valence-corrected chi connectivity index (χ1v) is 5.16. The molecule has 10 heavy (non-hydrogen) atoms. The van der Waals surface area contributed by atoms with E-state index in [9.17, 15) is 0 Å². The van der Waals surface area contributed by atoms with Crippen LogP contribution in [0, 0.1) is 0 Å². The van der Waals surface area contributed by atoms with Gasteiger partial charge < -0.3 is 4.48 Å². The molecule has 0 unspecified atom stereocenters. The van der Waals surface area contributed by atoms with Crippen LogP contribution in [-0.4, -0.2) is 42.2 Å². The van der Waals surface area contributed by atoms with E-state index in [0.29, 0.717) is 0 Å². The molecule has 0 aliphatic carbocycles. The number of rotatable bonds is 4. The van der Waals surface area contributed by atoms with Crippen molar-refractivity contribution in [2.75, 3.05) is 37.7 Å². The van der Waals surface area contributed by atoms with Gasteiger partial charge in [-0.1, -0.05) is 0 Å². The Morgan fingerprint density at radius 2 is 1.50 bits per heavy atom. The van der Waals surface area contributed by atoms with E-state index in [1.165, 1.54) is 37.1 Å². The van der Waals surface area contributed by atoms with Crippen molar-refractivity contribution in [1.82, 2.24) is 0 Å². The highest BCUT2D eigenvalue weighted by atomic mass is 32.1. The van der Waals surface area contributed by atoms with Gasteiger partial charge in [-0.05, 0) is 0 Å². The molecule has 1 heterocycles. The molecule has 0 amide bonds. The van der Waals surface area contributed by atoms with Crippen molar-refractivity contribution in [2.45, 2.75) is 6.42 Å². The molecule has 0 atom stereocenters. The second-order valence-electron chi connectivity index (χ2n) is 3.04. The minimum atomic E-state index is 1.02. The fourth-order valence-electron chi connectivity index (χ4n) is 1.59. The molecule has 0 saturated carbocycles. The minimum absolute atomic E-state index is 1.02. The number of likely N-dealkylation sites (tertiary alicyclic amines) is 1. The summed E-state index contributed by atoms with van der Waals surface area (Å²) in [7, 11) is 0. The molecule has 60 valence electrons. The highest BCUT2D eigenvalue weighted by Crippen LogP contribution is 2.19. The molecule has 0 aromatic heterocycles. The van der Waals surface area contributed by atoms with Gasteiger partial charge in [-0.3, -0.25) is 0 Å². The molecule has 1 aliphatic rings. The Balaban J connectivity index is 2.27. The number of nitrogens with zero attached hydrogens (tertiary/aromatic N) is 1. The van der Waals surface area contributed by atoms with Gasteiger partial charge in [0.1, 0.15) is 0 Å². The van der Waals surface area contributed by atoms with E-state index < -0.39 is 0 Å². The lowest BCUT2D eigenvalue weighted by atomic mass is 10.1. The van der Waals surface area contributed by atoms with Crippen molar-refractivity contribution in [3.05, 3.63) is 0 Å². The zero-order valence-electron chi connectivity index (χ0n) is 6.29. The SMILES string of the molecule is SCC[N+]1(CCS)CCC1. The Morgan fingerprint density at radius 1 is 1.00 bits per heavy atom. The summed E-state index contributed by atoms with van der Waals surface area (Å²) < 4.78 is 1.28. The van der Waals surface area contributed by atoms with Crippen LogP contribution in [-0.2, 0) is 0 Å². The molecule has 1 rings (SSSR count). The van der Waals surface area contributed by atoms with Crippen LogP contribution in [0.1, 0.15) is 6.42 Å². The normalized spacial score (nSPS) is 22.2. The van der Waals surface area contributed by atoms with E-state index >= 15 is 0 Å². The maximum atomic E-state index is 4.25. The summed E-state index contributed by atoms with van der Waals surface area (Å²) in [6.45, 7) is 5.20. The third-order valence-electron chi connectivity index (χ3n) is 2.41. The van der Waals surface area contributed by atoms with Crippen molar-refractivity contribution in [3.63, 3.8) is 0 Å². The van der Waals surface area contributed by atoms with E-state index in [4.69, 9.17) is 0 Å². The zero-order valence-corrected chi connectivity index (χ0v) is 8.08. The summed E-state index contributed by atoms with van der Waals surface area (Å²) in [5, 5.41) is 0. The maximum Gasteiger partial charge on any atom is 0.0876 e. The van der Waals surface area contributed by atoms with Crippen LogP contribution < -0.4 is 0 Å². The Labute approximate surface area is 74.2 Å². The van der Waals surface area contributed by atoms with Crippen LogP contribution in [0.2, 0.25) is 0 Å². The van der Waals surface area contributed by atoms with Gasteiger partial charge in [0.15, 0.2) is 0 Å². The standard InChI is InChI=1S/C7H15NS2/c9-6-4-8(5-7-10)2-1-3-8/h1-7H2,(H-,9,10)/p+1. The fraction of sp³-hybridized carbons (Fsp3) is 1.00. The van der Waals surface area contributed by atoms with Crippen molar-refractivity contribution < 1.29 is 4.48 Å². The summed E-state index contributed by atoms with van der Waals surface area (Å²) in [5.41, 5.74) is 0. The Bertz CT molecular complexity index is 93.8. The summed E-state index contributed by atoms with van der Waals surface area (Å²) in [6.07, 6.45) is 1.40. The largest absolute Gasteiger partial charge is 0.322 e. The summed E-state index contributed by atoms with van der Waals surface area (Å²) in [4.78, 5) is 0. The summed E-state index contributed by atoms with van der Waals surface area (Å²) in [5.74, 6) is 2.04. The maximum absolute atomic E-state index is 4.25. The molecule has 1 saturated heterocycles. The van der Waals surface area contributed by atoms with Crippen LogP contribution in [0.15, 0.2) is 0 Å². The summed E-state index contributed by atoms with van der Waals surface area (Å²) in [6, 6.07) is 0. The molecule has 3 heteroatoms. The number of hydrogen-bond acceptors (Lipinski definition) is 2. The van der Waals surface area contributed by atoms with Gasteiger partial charge in [0.05, 0.1) is 26.2 Å². The van der Waals surface area contributed by atoms with Crippen LogP contribution >= 0.6 is 25.3 Å². The highest BCUT2D eigenvalue weighted by Gasteiger charge is 2.33. The molecule has 0 aromatic rings. The molecule has 0 spiro atoms. The predicted octanol–water partition coefficient (Wildman–Crippen LogP) is 1.07. The van der Waals surface area contributed by atoms with Gasteiger partial charge >= 0.3 is 0 Å². The second kappa shape index (κ2) is 3.88. The van der Waals surface area contributed by atoms with Crippen molar-refractivity contribution in [3.8, 4) is 0 Å². The van der Waals surface area contributed by atoms with Gasteiger partial charge in [0, 0.05) is 17.9 Å². The van der Waals surface area contributed by atoms with Gasteiger partial charge in [-0.25, -0.2) is 0 Å². The molecular weight excluding hydrogens is 162 g/mol. The van der Waals surface area contributed by atoms with E-state index in [1.807, 2.05) is 0 Å². The Kier molecular flexibility index (Phi) is 3.40. The lowest BCUT2D eigenvalue weighted by Crippen LogP contribution is -2.59.